The molecule has 3 fully saturated rings. The zero-order chi connectivity index (χ0) is 43.0. The summed E-state index contributed by atoms with van der Waals surface area (Å²) < 4.78 is 32.1. The third-order valence-electron chi connectivity index (χ3n) is 11.4. The summed E-state index contributed by atoms with van der Waals surface area (Å²) in [5, 5.41) is 17.6. The number of hydrogen-bond donors (Lipinski definition) is 5. The number of thiazole rings is 1. The molecule has 7 rings (SSSR count). The first-order chi connectivity index (χ1) is 28.5. The predicted octanol–water partition coefficient (Wildman–Crippen LogP) is 6.83. The van der Waals surface area contributed by atoms with Crippen molar-refractivity contribution in [3.05, 3.63) is 60.3 Å². The van der Waals surface area contributed by atoms with Crippen molar-refractivity contribution in [3.63, 3.8) is 0 Å². The van der Waals surface area contributed by atoms with Crippen LogP contribution in [0.3, 0.4) is 0 Å². The van der Waals surface area contributed by atoms with Gasteiger partial charge >= 0.3 is 6.09 Å². The van der Waals surface area contributed by atoms with E-state index in [4.69, 9.17) is 24.2 Å². The van der Waals surface area contributed by atoms with Crippen molar-refractivity contribution in [2.75, 3.05) is 19.0 Å². The number of anilines is 1. The molecule has 3 aliphatic rings. The number of likely N-dealkylation sites (tertiary alicyclic amines) is 1. The van der Waals surface area contributed by atoms with Crippen LogP contribution in [0.4, 0.5) is 9.93 Å². The number of rotatable bonds is 15. The van der Waals surface area contributed by atoms with E-state index in [9.17, 15) is 23.8 Å². The van der Waals surface area contributed by atoms with Gasteiger partial charge in [-0.3, -0.25) is 19.3 Å². The number of amides is 3. The van der Waals surface area contributed by atoms with Crippen LogP contribution in [-0.4, -0.2) is 97.1 Å². The molecule has 1 saturated heterocycles. The zero-order valence-corrected chi connectivity index (χ0v) is 36.6. The van der Waals surface area contributed by atoms with E-state index in [-0.39, 0.29) is 37.7 Å². The maximum atomic E-state index is 14.8. The fraction of sp³-hybridized carbons (Fsp3) is 0.524. The van der Waals surface area contributed by atoms with E-state index in [1.807, 2.05) is 46.1 Å². The summed E-state index contributed by atoms with van der Waals surface area (Å²) in [7, 11) is -2.54. The van der Waals surface area contributed by atoms with Gasteiger partial charge in [0.05, 0.1) is 31.0 Å². The number of fused-ring (bicyclic) bond motifs is 1. The number of methoxy groups -OCH3 is 1. The Labute approximate surface area is 353 Å². The zero-order valence-electron chi connectivity index (χ0n) is 34.9. The van der Waals surface area contributed by atoms with E-state index in [1.54, 1.807) is 37.5 Å². The number of nitrogens with zero attached hydrogens (tertiary/aromatic N) is 4. The Kier molecular flexibility index (Phi) is 12.3. The Balaban J connectivity index is 1.22. The molecule has 16 nitrogen and oxygen atoms in total. The minimum Gasteiger partial charge on any atom is -0.497 e. The van der Waals surface area contributed by atoms with Gasteiger partial charge in [0.15, 0.2) is 5.13 Å². The van der Waals surface area contributed by atoms with Crippen LogP contribution in [0.5, 0.6) is 11.5 Å². The predicted molar refractivity (Wildman–Crippen MR) is 229 cm³/mol. The van der Waals surface area contributed by atoms with Crippen LogP contribution in [0.2, 0.25) is 0 Å². The molecule has 322 valence electrons. The second-order valence-electron chi connectivity index (χ2n) is 17.4. The number of hydrogen-bond acceptors (Lipinski definition) is 12. The molecule has 3 amide bonds. The molecule has 2 saturated carbocycles. The summed E-state index contributed by atoms with van der Waals surface area (Å²) in [4.78, 5) is 65.4. The number of carbonyl (C=O) groups excluding carboxylic acids is 3. The van der Waals surface area contributed by atoms with Gasteiger partial charge in [0.1, 0.15) is 46.8 Å². The minimum atomic E-state index is -4.12. The van der Waals surface area contributed by atoms with Crippen LogP contribution in [0.15, 0.2) is 54.6 Å². The average molecular weight is 863 g/mol. The Morgan fingerprint density at radius 2 is 1.90 bits per heavy atom. The number of aromatic nitrogens is 4. The number of carbonyl (C=O) groups is 3. The number of alkyl carbamates (subject to hydrolysis) is 1. The van der Waals surface area contributed by atoms with Crippen LogP contribution in [0, 0.1) is 11.3 Å². The van der Waals surface area contributed by atoms with E-state index >= 15 is 0 Å². The van der Waals surface area contributed by atoms with Gasteiger partial charge in [-0.25, -0.2) is 14.8 Å². The average Bonchev–Trinajstić information content (AvgIpc) is 3.81. The fourth-order valence-electron chi connectivity index (χ4n) is 8.14. The molecule has 0 bridgehead atoms. The second-order valence-corrected chi connectivity index (χ2v) is 20.7. The molecule has 4 heterocycles. The van der Waals surface area contributed by atoms with Crippen LogP contribution in [0.25, 0.3) is 22.3 Å². The number of nitrogens with one attached hydrogen (secondary N) is 4. The van der Waals surface area contributed by atoms with Crippen molar-refractivity contribution >= 4 is 52.6 Å². The smallest absolute Gasteiger partial charge is 0.408 e. The van der Waals surface area contributed by atoms with Crippen LogP contribution >= 0.6 is 18.7 Å². The SMILES string of the molecule is C=C[C@@H]1C[C@]1(NC(=O)[C@@H]1C[C@@H](Oc2cc(-c3csc(NC(C)C)n3)nc3cc(OC)ccc23)CN1C(=O)[C@@H](NC(=O)OC1CCCC1)C(C)(C)C)P(=O)(O)Cc1ccn[nH]1. The van der Waals surface area contributed by atoms with Gasteiger partial charge in [-0.2, -0.15) is 5.10 Å². The molecule has 6 atom stereocenters. The number of ether oxygens (including phenoxy) is 3. The van der Waals surface area contributed by atoms with Crippen molar-refractivity contribution in [1.82, 2.24) is 35.7 Å². The van der Waals surface area contributed by atoms with Crippen molar-refractivity contribution in [3.8, 4) is 22.9 Å². The molecular weight excluding hydrogens is 808 g/mol. The Hall–Kier alpha value is -4.99. The van der Waals surface area contributed by atoms with E-state index in [1.165, 1.54) is 22.4 Å². The number of benzene rings is 1. The molecule has 1 unspecified atom stereocenters. The largest absolute Gasteiger partial charge is 0.497 e. The highest BCUT2D eigenvalue weighted by atomic mass is 32.1. The molecule has 5 N–H and O–H groups in total. The Bertz CT molecular complexity index is 2270. The van der Waals surface area contributed by atoms with Crippen LogP contribution in [0.1, 0.15) is 78.8 Å². The maximum absolute atomic E-state index is 14.8. The highest BCUT2D eigenvalue weighted by Gasteiger charge is 2.66. The highest BCUT2D eigenvalue weighted by Crippen LogP contribution is 2.70. The lowest BCUT2D eigenvalue weighted by Crippen LogP contribution is -2.58. The molecule has 18 heteroatoms. The summed E-state index contributed by atoms with van der Waals surface area (Å²) in [6, 6.07) is 6.82. The van der Waals surface area contributed by atoms with E-state index < -0.39 is 60.1 Å². The lowest BCUT2D eigenvalue weighted by molar-refractivity contribution is -0.142. The molecule has 3 aromatic heterocycles. The summed E-state index contributed by atoms with van der Waals surface area (Å²) in [5.74, 6) is -0.549. The van der Waals surface area contributed by atoms with Gasteiger partial charge in [0, 0.05) is 53.2 Å². The number of pyridine rings is 1. The third-order valence-corrected chi connectivity index (χ3v) is 14.8. The topological polar surface area (TPSA) is 210 Å². The fourth-order valence-corrected chi connectivity index (χ4v) is 11.3. The molecular formula is C42H55N8O8PS. The molecule has 4 aromatic rings. The summed E-state index contributed by atoms with van der Waals surface area (Å²) in [6.07, 6.45) is 4.85. The van der Waals surface area contributed by atoms with Gasteiger partial charge in [-0.05, 0) is 69.6 Å². The van der Waals surface area contributed by atoms with Crippen molar-refractivity contribution < 1.29 is 38.1 Å². The van der Waals surface area contributed by atoms with Gasteiger partial charge < -0.3 is 40.0 Å². The van der Waals surface area contributed by atoms with Crippen LogP contribution in [-0.2, 0) is 25.1 Å². The molecule has 0 spiro atoms. The molecule has 1 aliphatic heterocycles. The number of H-pyrrole nitrogens is 1. The summed E-state index contributed by atoms with van der Waals surface area (Å²) in [5.41, 5.74) is 1.43. The summed E-state index contributed by atoms with van der Waals surface area (Å²) in [6.45, 7) is 13.4. The second kappa shape index (κ2) is 17.2. The van der Waals surface area contributed by atoms with Gasteiger partial charge in [0.2, 0.25) is 19.2 Å². The number of aromatic amines is 1. The molecule has 2 aliphatic carbocycles. The van der Waals surface area contributed by atoms with Crippen molar-refractivity contribution in [2.24, 2.45) is 11.3 Å². The maximum Gasteiger partial charge on any atom is 0.408 e. The lowest BCUT2D eigenvalue weighted by atomic mass is 9.85. The van der Waals surface area contributed by atoms with E-state index in [0.29, 0.717) is 39.5 Å². The third kappa shape index (κ3) is 9.18. The minimum absolute atomic E-state index is 0.0276. The first-order valence-electron chi connectivity index (χ1n) is 20.4. The van der Waals surface area contributed by atoms with E-state index in [2.05, 4.69) is 32.7 Å². The van der Waals surface area contributed by atoms with Crippen molar-refractivity contribution in [1.29, 1.82) is 0 Å². The molecule has 60 heavy (non-hydrogen) atoms. The lowest BCUT2D eigenvalue weighted by Gasteiger charge is -2.36. The van der Waals surface area contributed by atoms with Gasteiger partial charge in [-0.15, -0.1) is 17.9 Å². The van der Waals surface area contributed by atoms with E-state index in [0.717, 1.165) is 30.8 Å². The molecule has 1 aromatic carbocycles. The monoisotopic (exact) mass is 862 g/mol. The highest BCUT2D eigenvalue weighted by molar-refractivity contribution is 7.59. The standard InChI is InChI=1S/C42H55N8O8PS/c1-8-25-20-42(25,59(54,55)22-26-15-16-43-49-26)48-37(51)34-18-29(21-50(34)38(52)36(41(4,5)6)47-40(53)58-27-11-9-10-12-27)57-35-19-32(33-23-60-39(46-33)44-24(2)3)45-31-17-28(56-7)13-14-30(31)35/h8,13-17,19,23-25,27,29,34,36H,1,9-12,18,20-22H2,2-7H3,(H,43,49)(H,44,46)(H,47,53)(H,48,51)(H,54,55)/t25-,29-,34+,36-,42+/m1/s1. The van der Waals surface area contributed by atoms with Crippen molar-refractivity contribution in [2.45, 2.75) is 115 Å². The van der Waals surface area contributed by atoms with Gasteiger partial charge in [0.25, 0.3) is 0 Å². The first-order valence-corrected chi connectivity index (χ1v) is 23.1. The van der Waals surface area contributed by atoms with Crippen LogP contribution < -0.4 is 25.4 Å². The normalized spacial score (nSPS) is 23.2. The Morgan fingerprint density at radius 1 is 1.13 bits per heavy atom. The quantitative estimate of drug-likeness (QED) is 0.0615. The molecule has 0 radical (unpaired) electrons. The first kappa shape index (κ1) is 43.1. The summed E-state index contributed by atoms with van der Waals surface area (Å²) >= 11 is 1.46. The van der Waals surface area contributed by atoms with Gasteiger partial charge in [-0.1, -0.05) is 26.8 Å². The Morgan fingerprint density at radius 3 is 2.55 bits per heavy atom.